The van der Waals surface area contributed by atoms with Crippen LogP contribution in [0.25, 0.3) is 5.69 Å². The largest absolute Gasteiger partial charge is 0.476 e. The van der Waals surface area contributed by atoms with E-state index in [-0.39, 0.29) is 17.2 Å². The van der Waals surface area contributed by atoms with E-state index in [4.69, 9.17) is 5.11 Å². The van der Waals surface area contributed by atoms with Crippen molar-refractivity contribution in [3.63, 3.8) is 0 Å². The fourth-order valence-corrected chi connectivity index (χ4v) is 1.98. The molecule has 0 spiro atoms. The van der Waals surface area contributed by atoms with Gasteiger partial charge >= 0.3 is 5.97 Å². The average Bonchev–Trinajstić information content (AvgIpc) is 2.38. The molecule has 0 amide bonds. The zero-order valence-electron chi connectivity index (χ0n) is 11.9. The van der Waals surface area contributed by atoms with Crippen LogP contribution in [0, 0.1) is 12.7 Å². The number of rotatable bonds is 3. The number of benzene rings is 1. The van der Waals surface area contributed by atoms with Crippen LogP contribution in [0.4, 0.5) is 4.39 Å². The number of carboxylic acid groups (broad SMARTS) is 1. The Labute approximate surface area is 120 Å². The van der Waals surface area contributed by atoms with Crippen molar-refractivity contribution in [3.8, 4) is 5.69 Å². The molecule has 1 N–H and O–H groups in total. The molecule has 0 atom stereocenters. The summed E-state index contributed by atoms with van der Waals surface area (Å²) in [6, 6.07) is 4.51. The van der Waals surface area contributed by atoms with Gasteiger partial charge < -0.3 is 5.11 Å². The van der Waals surface area contributed by atoms with Gasteiger partial charge in [-0.1, -0.05) is 19.9 Å². The fourth-order valence-electron chi connectivity index (χ4n) is 1.98. The highest BCUT2D eigenvalue weighted by atomic mass is 19.1. The van der Waals surface area contributed by atoms with Crippen molar-refractivity contribution in [1.82, 2.24) is 9.78 Å². The number of halogens is 1. The zero-order chi connectivity index (χ0) is 15.7. The van der Waals surface area contributed by atoms with Crippen LogP contribution in [-0.4, -0.2) is 20.9 Å². The minimum atomic E-state index is -1.43. The van der Waals surface area contributed by atoms with Crippen LogP contribution < -0.4 is 5.43 Å². The van der Waals surface area contributed by atoms with Gasteiger partial charge in [-0.15, -0.1) is 0 Å². The maximum atomic E-state index is 14.0. The monoisotopic (exact) mass is 290 g/mol. The molecule has 0 aliphatic carbocycles. The number of hydrogen-bond acceptors (Lipinski definition) is 3. The van der Waals surface area contributed by atoms with Crippen molar-refractivity contribution >= 4 is 5.97 Å². The van der Waals surface area contributed by atoms with Gasteiger partial charge in [-0.3, -0.25) is 4.79 Å². The van der Waals surface area contributed by atoms with Crippen molar-refractivity contribution in [2.75, 3.05) is 0 Å². The zero-order valence-corrected chi connectivity index (χ0v) is 11.9. The third kappa shape index (κ3) is 2.84. The second-order valence-corrected chi connectivity index (χ2v) is 5.12. The maximum Gasteiger partial charge on any atom is 0.360 e. The molecule has 2 rings (SSSR count). The summed E-state index contributed by atoms with van der Waals surface area (Å²) < 4.78 is 15.1. The van der Waals surface area contributed by atoms with E-state index in [0.717, 1.165) is 10.2 Å². The predicted octanol–water partition coefficient (Wildman–Crippen LogP) is 2.50. The summed E-state index contributed by atoms with van der Waals surface area (Å²) in [4.78, 5) is 23.2. The molecule has 110 valence electrons. The molecule has 0 unspecified atom stereocenters. The normalized spacial score (nSPS) is 10.9. The van der Waals surface area contributed by atoms with E-state index < -0.39 is 22.9 Å². The summed E-state index contributed by atoms with van der Waals surface area (Å²) in [7, 11) is 0. The summed E-state index contributed by atoms with van der Waals surface area (Å²) in [5.41, 5.74) is -0.130. The highest BCUT2D eigenvalue weighted by Crippen LogP contribution is 2.16. The second kappa shape index (κ2) is 5.47. The van der Waals surface area contributed by atoms with Gasteiger partial charge in [-0.05, 0) is 30.5 Å². The third-order valence-electron chi connectivity index (χ3n) is 3.12. The van der Waals surface area contributed by atoms with E-state index in [1.165, 1.54) is 18.3 Å². The highest BCUT2D eigenvalue weighted by molar-refractivity contribution is 5.85. The van der Waals surface area contributed by atoms with Crippen LogP contribution >= 0.6 is 0 Å². The van der Waals surface area contributed by atoms with Crippen molar-refractivity contribution in [2.45, 2.75) is 26.7 Å². The number of nitrogens with zero attached hydrogens (tertiary/aromatic N) is 2. The Morgan fingerprint density at radius 2 is 2.05 bits per heavy atom. The Kier molecular flexibility index (Phi) is 3.88. The fraction of sp³-hybridized carbons (Fsp3) is 0.267. The summed E-state index contributed by atoms with van der Waals surface area (Å²) >= 11 is 0. The van der Waals surface area contributed by atoms with Crippen LogP contribution in [-0.2, 0) is 0 Å². The number of aromatic nitrogens is 2. The number of aromatic carboxylic acids is 1. The standard InChI is InChI=1S/C15H15FN2O3/c1-8(2)10-7-18(17-13(14(10)19)15(20)21)12-5-4-9(3)6-11(12)16/h4-8H,1-3H3,(H,20,21). The number of aryl methyl sites for hydroxylation is 1. The van der Waals surface area contributed by atoms with Crippen molar-refractivity contribution in [1.29, 1.82) is 0 Å². The van der Waals surface area contributed by atoms with Crippen LogP contribution in [0.15, 0.2) is 29.2 Å². The first kappa shape index (κ1) is 14.9. The minimum Gasteiger partial charge on any atom is -0.476 e. The van der Waals surface area contributed by atoms with Gasteiger partial charge in [-0.25, -0.2) is 13.9 Å². The minimum absolute atomic E-state index is 0.102. The Balaban J connectivity index is 2.75. The van der Waals surface area contributed by atoms with E-state index in [2.05, 4.69) is 5.10 Å². The third-order valence-corrected chi connectivity index (χ3v) is 3.12. The molecule has 2 aromatic rings. The van der Waals surface area contributed by atoms with Gasteiger partial charge in [0.15, 0.2) is 0 Å². The van der Waals surface area contributed by atoms with Crippen molar-refractivity contribution < 1.29 is 14.3 Å². The number of carbonyl (C=O) groups is 1. The lowest BCUT2D eigenvalue weighted by Crippen LogP contribution is -2.25. The summed E-state index contributed by atoms with van der Waals surface area (Å²) in [5, 5.41) is 12.8. The maximum absolute atomic E-state index is 14.0. The number of hydrogen-bond donors (Lipinski definition) is 1. The highest BCUT2D eigenvalue weighted by Gasteiger charge is 2.19. The molecule has 1 aromatic heterocycles. The average molecular weight is 290 g/mol. The Morgan fingerprint density at radius 3 is 2.57 bits per heavy atom. The molecule has 1 aromatic carbocycles. The lowest BCUT2D eigenvalue weighted by Gasteiger charge is -2.12. The van der Waals surface area contributed by atoms with E-state index in [1.807, 2.05) is 0 Å². The lowest BCUT2D eigenvalue weighted by atomic mass is 10.0. The molecular formula is C15H15FN2O3. The summed E-state index contributed by atoms with van der Waals surface area (Å²) in [6.45, 7) is 5.27. The Morgan fingerprint density at radius 1 is 1.38 bits per heavy atom. The first-order valence-electron chi connectivity index (χ1n) is 6.45. The van der Waals surface area contributed by atoms with E-state index in [9.17, 15) is 14.0 Å². The van der Waals surface area contributed by atoms with Crippen LogP contribution in [0.1, 0.15) is 41.4 Å². The molecule has 1 heterocycles. The van der Waals surface area contributed by atoms with E-state index in [0.29, 0.717) is 0 Å². The number of carboxylic acids is 1. The first-order chi connectivity index (χ1) is 9.81. The van der Waals surface area contributed by atoms with Gasteiger partial charge in [0.25, 0.3) is 0 Å². The summed E-state index contributed by atoms with van der Waals surface area (Å²) in [6.07, 6.45) is 1.38. The molecule has 6 heteroatoms. The van der Waals surface area contributed by atoms with E-state index in [1.54, 1.807) is 26.8 Å². The van der Waals surface area contributed by atoms with Crippen molar-refractivity contribution in [3.05, 3.63) is 57.3 Å². The molecule has 5 nitrogen and oxygen atoms in total. The molecule has 0 radical (unpaired) electrons. The summed E-state index contributed by atoms with van der Waals surface area (Å²) in [5.74, 6) is -2.15. The topological polar surface area (TPSA) is 72.2 Å². The molecular weight excluding hydrogens is 275 g/mol. The van der Waals surface area contributed by atoms with Gasteiger partial charge in [0, 0.05) is 11.8 Å². The van der Waals surface area contributed by atoms with Gasteiger partial charge in [-0.2, -0.15) is 5.10 Å². The van der Waals surface area contributed by atoms with E-state index >= 15 is 0 Å². The molecule has 0 saturated carbocycles. The van der Waals surface area contributed by atoms with Gasteiger partial charge in [0.1, 0.15) is 11.5 Å². The molecule has 0 saturated heterocycles. The van der Waals surface area contributed by atoms with Gasteiger partial charge in [0.2, 0.25) is 11.1 Å². The lowest BCUT2D eigenvalue weighted by molar-refractivity contribution is 0.0686. The molecule has 0 fully saturated rings. The molecule has 0 bridgehead atoms. The predicted molar refractivity (Wildman–Crippen MR) is 75.6 cm³/mol. The first-order valence-corrected chi connectivity index (χ1v) is 6.45. The molecule has 0 aliphatic rings. The smallest absolute Gasteiger partial charge is 0.360 e. The SMILES string of the molecule is Cc1ccc(-n2cc(C(C)C)c(=O)c(C(=O)O)n2)c(F)c1. The van der Waals surface area contributed by atoms with Crippen LogP contribution in [0.5, 0.6) is 0 Å². The quantitative estimate of drug-likeness (QED) is 0.942. The van der Waals surface area contributed by atoms with Gasteiger partial charge in [0.05, 0.1) is 0 Å². The van der Waals surface area contributed by atoms with Crippen LogP contribution in [0.2, 0.25) is 0 Å². The van der Waals surface area contributed by atoms with Crippen molar-refractivity contribution in [2.24, 2.45) is 0 Å². The Hall–Kier alpha value is -2.50. The molecule has 0 aliphatic heterocycles. The van der Waals surface area contributed by atoms with Crippen LogP contribution in [0.3, 0.4) is 0 Å². The molecule has 21 heavy (non-hydrogen) atoms. The second-order valence-electron chi connectivity index (χ2n) is 5.12. The Bertz CT molecular complexity index is 766.